The van der Waals surface area contributed by atoms with Crippen molar-refractivity contribution in [2.75, 3.05) is 36.5 Å². The summed E-state index contributed by atoms with van der Waals surface area (Å²) in [5.74, 6) is -4.94. The van der Waals surface area contributed by atoms with Gasteiger partial charge in [-0.25, -0.2) is 21.9 Å². The number of benzene rings is 1. The third-order valence-electron chi connectivity index (χ3n) is 11.0. The second-order valence-corrected chi connectivity index (χ2v) is 18.6. The molecule has 4 fully saturated rings. The van der Waals surface area contributed by atoms with Gasteiger partial charge in [0.1, 0.15) is 23.2 Å². The number of hydrogen-bond acceptors (Lipinski definition) is 11. The molecule has 0 bridgehead atoms. The van der Waals surface area contributed by atoms with Crippen molar-refractivity contribution in [1.82, 2.24) is 29.5 Å². The summed E-state index contributed by atoms with van der Waals surface area (Å²) < 4.78 is 55.0. The monoisotopic (exact) mass is 794 g/mol. The molecule has 1 aliphatic carbocycles. The number of nitrogens with zero attached hydrogens (tertiary/aromatic N) is 5. The number of thioether (sulfide) groups is 1. The van der Waals surface area contributed by atoms with E-state index in [-0.39, 0.29) is 36.6 Å². The molecule has 0 unspecified atom stereocenters. The number of aromatic nitrogens is 3. The zero-order valence-electron chi connectivity index (χ0n) is 30.4. The molecule has 6 rings (SSSR count). The molecule has 4 heterocycles. The normalized spacial score (nSPS) is 24.0. The van der Waals surface area contributed by atoms with Crippen molar-refractivity contribution in [2.24, 2.45) is 11.7 Å². The van der Waals surface area contributed by atoms with Crippen molar-refractivity contribution in [3.63, 3.8) is 0 Å². The van der Waals surface area contributed by atoms with Crippen molar-refractivity contribution in [3.05, 3.63) is 36.2 Å². The summed E-state index contributed by atoms with van der Waals surface area (Å²) in [6.07, 6.45) is 7.19. The van der Waals surface area contributed by atoms with E-state index < -0.39 is 81.8 Å². The number of halogens is 2. The fourth-order valence-corrected chi connectivity index (χ4v) is 10.7. The molecule has 3 atom stereocenters. The summed E-state index contributed by atoms with van der Waals surface area (Å²) in [6.45, 7) is 1.38. The molecular weight excluding hydrogens is 747 g/mol. The van der Waals surface area contributed by atoms with Crippen LogP contribution in [0.3, 0.4) is 0 Å². The molecule has 0 radical (unpaired) electrons. The van der Waals surface area contributed by atoms with Crippen LogP contribution in [0.25, 0.3) is 0 Å². The maximum absolute atomic E-state index is 14.8. The van der Waals surface area contributed by atoms with Gasteiger partial charge in [-0.3, -0.25) is 19.2 Å². The SMILES string of the molecule is CC(C)(O)c1cnnn1[C@H]1C[C@@H](C(=O)NC2(C(=O)C(N)=O)CCSCC2)N(C(=O)[C@@H](CC2CCCCC2)Nc2ccc(S(=O)(=O)N3CC(F)(F)C3)cc2)C1. The van der Waals surface area contributed by atoms with Crippen LogP contribution < -0.4 is 16.4 Å². The van der Waals surface area contributed by atoms with Crippen LogP contribution >= 0.6 is 11.8 Å². The molecule has 1 saturated carbocycles. The van der Waals surface area contributed by atoms with Crippen LogP contribution in [0.5, 0.6) is 0 Å². The fourth-order valence-electron chi connectivity index (χ4n) is 8.01. The molecule has 296 valence electrons. The number of sulfonamides is 1. The van der Waals surface area contributed by atoms with Gasteiger partial charge in [-0.2, -0.15) is 16.1 Å². The maximum Gasteiger partial charge on any atom is 0.287 e. The van der Waals surface area contributed by atoms with Crippen molar-refractivity contribution >= 4 is 51.0 Å². The van der Waals surface area contributed by atoms with Crippen LogP contribution in [-0.2, 0) is 34.8 Å². The number of nitrogens with two attached hydrogens (primary N) is 1. The van der Waals surface area contributed by atoms with E-state index in [9.17, 15) is 41.5 Å². The number of alkyl halides is 2. The minimum Gasteiger partial charge on any atom is -0.384 e. The molecule has 2 aromatic rings. The van der Waals surface area contributed by atoms with Crippen LogP contribution in [0.1, 0.15) is 83.4 Å². The largest absolute Gasteiger partial charge is 0.384 e. The molecule has 1 aromatic heterocycles. The van der Waals surface area contributed by atoms with E-state index in [1.165, 1.54) is 40.0 Å². The molecule has 1 aromatic carbocycles. The average Bonchev–Trinajstić information content (AvgIpc) is 3.79. The van der Waals surface area contributed by atoms with Crippen LogP contribution in [0.4, 0.5) is 14.5 Å². The van der Waals surface area contributed by atoms with Gasteiger partial charge in [0.2, 0.25) is 27.6 Å². The topological polar surface area (TPSA) is 210 Å². The Bertz CT molecular complexity index is 1830. The number of aliphatic hydroxyl groups is 1. The Kier molecular flexibility index (Phi) is 11.4. The molecular formula is C35H48F2N8O7S2. The first kappa shape index (κ1) is 40.0. The fraction of sp³-hybridized carbons (Fsp3) is 0.657. The van der Waals surface area contributed by atoms with Gasteiger partial charge in [0.15, 0.2) is 0 Å². The number of Topliss-reactive ketones (excluding diaryl/α,β-unsaturated/α-hetero) is 1. The van der Waals surface area contributed by atoms with Crippen molar-refractivity contribution < 1.29 is 41.5 Å². The summed E-state index contributed by atoms with van der Waals surface area (Å²) in [5.41, 5.74) is 3.37. The van der Waals surface area contributed by atoms with Gasteiger partial charge < -0.3 is 26.4 Å². The van der Waals surface area contributed by atoms with Gasteiger partial charge >= 0.3 is 0 Å². The second-order valence-electron chi connectivity index (χ2n) is 15.5. The van der Waals surface area contributed by atoms with Crippen LogP contribution in [0.15, 0.2) is 35.4 Å². The zero-order chi connectivity index (χ0) is 39.1. The number of carbonyl (C=O) groups is 4. The third kappa shape index (κ3) is 8.43. The van der Waals surface area contributed by atoms with Gasteiger partial charge in [0.05, 0.1) is 35.9 Å². The van der Waals surface area contributed by atoms with Crippen molar-refractivity contribution in [3.8, 4) is 0 Å². The summed E-state index contributed by atoms with van der Waals surface area (Å²) >= 11 is 1.59. The molecule has 15 nitrogen and oxygen atoms in total. The summed E-state index contributed by atoms with van der Waals surface area (Å²) in [5, 5.41) is 25.2. The quantitative estimate of drug-likeness (QED) is 0.216. The molecule has 0 spiro atoms. The predicted molar refractivity (Wildman–Crippen MR) is 195 cm³/mol. The highest BCUT2D eigenvalue weighted by Crippen LogP contribution is 2.36. The van der Waals surface area contributed by atoms with E-state index in [0.717, 1.165) is 32.1 Å². The Morgan fingerprint density at radius 2 is 1.72 bits per heavy atom. The second kappa shape index (κ2) is 15.5. The van der Waals surface area contributed by atoms with Crippen molar-refractivity contribution in [1.29, 1.82) is 0 Å². The number of amides is 3. The Hall–Kier alpha value is -3.68. The van der Waals surface area contributed by atoms with E-state index >= 15 is 0 Å². The Morgan fingerprint density at radius 3 is 2.31 bits per heavy atom. The number of carbonyl (C=O) groups excluding carboxylic acids is 4. The van der Waals surface area contributed by atoms with Gasteiger partial charge in [-0.1, -0.05) is 37.3 Å². The van der Waals surface area contributed by atoms with Crippen LogP contribution in [-0.4, -0.2) is 116 Å². The van der Waals surface area contributed by atoms with Crippen LogP contribution in [0.2, 0.25) is 0 Å². The van der Waals surface area contributed by atoms with E-state index in [1.807, 2.05) is 0 Å². The van der Waals surface area contributed by atoms with E-state index in [2.05, 4.69) is 20.9 Å². The third-order valence-corrected chi connectivity index (χ3v) is 13.8. The molecule has 3 aliphatic heterocycles. The minimum atomic E-state index is -4.14. The van der Waals surface area contributed by atoms with Gasteiger partial charge in [0, 0.05) is 18.7 Å². The molecule has 3 saturated heterocycles. The number of ketones is 1. The smallest absolute Gasteiger partial charge is 0.287 e. The Labute approximate surface area is 317 Å². The molecule has 5 N–H and O–H groups in total. The molecule has 4 aliphatic rings. The van der Waals surface area contributed by atoms with Gasteiger partial charge in [0.25, 0.3) is 11.8 Å². The Morgan fingerprint density at radius 1 is 1.07 bits per heavy atom. The van der Waals surface area contributed by atoms with E-state index in [4.69, 9.17) is 5.73 Å². The first-order valence-corrected chi connectivity index (χ1v) is 20.9. The van der Waals surface area contributed by atoms with E-state index in [1.54, 1.807) is 25.6 Å². The number of nitrogens with one attached hydrogen (secondary N) is 2. The summed E-state index contributed by atoms with van der Waals surface area (Å²) in [7, 11) is -4.14. The number of primary amides is 1. The van der Waals surface area contributed by atoms with Gasteiger partial charge in [-0.15, -0.1) is 5.10 Å². The van der Waals surface area contributed by atoms with Crippen LogP contribution in [0, 0.1) is 5.92 Å². The number of likely N-dealkylation sites (tertiary alicyclic amines) is 1. The summed E-state index contributed by atoms with van der Waals surface area (Å²) in [4.78, 5) is 55.8. The predicted octanol–water partition coefficient (Wildman–Crippen LogP) is 2.17. The zero-order valence-corrected chi connectivity index (χ0v) is 32.0. The standard InChI is InChI=1S/C35H48F2N8O7S2/c1-33(2,50)28-18-39-42-45(28)24-17-27(31(48)41-34(29(46)30(38)47)12-14-53-15-13-34)44(19-24)32(49)26(16-22-6-4-3-5-7-22)40-23-8-10-25(11-9-23)54(51,52)43-20-35(36,37)21-43/h8-11,18,22,24,26-27,40,50H,3-7,12-17,19-21H2,1-2H3,(H2,38,47)(H,41,48)/t24-,26+,27-/m0/s1. The maximum atomic E-state index is 14.8. The number of anilines is 1. The molecule has 19 heteroatoms. The lowest BCUT2D eigenvalue weighted by Crippen LogP contribution is -2.63. The summed E-state index contributed by atoms with van der Waals surface area (Å²) in [6, 6.07) is 3.01. The highest BCUT2D eigenvalue weighted by atomic mass is 32.2. The molecule has 54 heavy (non-hydrogen) atoms. The lowest BCUT2D eigenvalue weighted by atomic mass is 9.84. The first-order valence-electron chi connectivity index (χ1n) is 18.3. The first-order chi connectivity index (χ1) is 25.4. The minimum absolute atomic E-state index is 0.0104. The van der Waals surface area contributed by atoms with Gasteiger partial charge in [-0.05, 0) is 74.8 Å². The average molecular weight is 795 g/mol. The lowest BCUT2D eigenvalue weighted by Gasteiger charge is -2.37. The number of rotatable bonds is 13. The highest BCUT2D eigenvalue weighted by Gasteiger charge is 2.51. The highest BCUT2D eigenvalue weighted by molar-refractivity contribution is 7.99. The number of hydrogen-bond donors (Lipinski definition) is 4. The van der Waals surface area contributed by atoms with Crippen molar-refractivity contribution in [2.45, 2.75) is 112 Å². The molecule has 3 amide bonds. The van der Waals surface area contributed by atoms with E-state index in [0.29, 0.717) is 33.6 Å². The lowest BCUT2D eigenvalue weighted by molar-refractivity contribution is -0.144. The Balaban J connectivity index is 1.30.